The van der Waals surface area contributed by atoms with E-state index in [2.05, 4.69) is 15.2 Å². The van der Waals surface area contributed by atoms with Crippen molar-refractivity contribution in [1.29, 1.82) is 0 Å². The highest BCUT2D eigenvalue weighted by atomic mass is 16.5. The fourth-order valence-corrected chi connectivity index (χ4v) is 3.17. The minimum atomic E-state index is -0.141. The summed E-state index contributed by atoms with van der Waals surface area (Å²) in [5.41, 5.74) is 1.66. The van der Waals surface area contributed by atoms with E-state index in [9.17, 15) is 4.79 Å². The van der Waals surface area contributed by atoms with Gasteiger partial charge in [0.05, 0.1) is 17.7 Å². The van der Waals surface area contributed by atoms with Crippen LogP contribution in [0.5, 0.6) is 0 Å². The van der Waals surface area contributed by atoms with Gasteiger partial charge in [0.1, 0.15) is 12.2 Å². The summed E-state index contributed by atoms with van der Waals surface area (Å²) in [5.74, 6) is 0.677. The number of ether oxygens (including phenoxy) is 1. The van der Waals surface area contributed by atoms with Gasteiger partial charge in [-0.3, -0.25) is 9.89 Å². The van der Waals surface area contributed by atoms with Crippen molar-refractivity contribution in [3.63, 3.8) is 0 Å². The van der Waals surface area contributed by atoms with Crippen LogP contribution in [-0.2, 0) is 4.74 Å². The number of nitrogens with zero attached hydrogens (tertiary/aromatic N) is 4. The molecule has 4 heterocycles. The van der Waals surface area contributed by atoms with E-state index in [1.54, 1.807) is 7.11 Å². The summed E-state index contributed by atoms with van der Waals surface area (Å²) >= 11 is 0. The lowest BCUT2D eigenvalue weighted by Gasteiger charge is -2.22. The van der Waals surface area contributed by atoms with Crippen molar-refractivity contribution in [2.75, 3.05) is 13.7 Å². The standard InChI is InChI=1S/C16H17N5O2/c1-23-13-7-14(15-17-10-18-19-15)21(9-13)16(22)11-6-12-4-2-3-5-20(12)8-11/h2-6,8,10,13-14H,7,9H2,1H3,(H,17,18,19)/t13-,14+/m1/s1. The van der Waals surface area contributed by atoms with E-state index < -0.39 is 0 Å². The average Bonchev–Trinajstić information content (AvgIpc) is 3.30. The van der Waals surface area contributed by atoms with Crippen LogP contribution in [0, 0.1) is 0 Å². The third-order valence-electron chi connectivity index (χ3n) is 4.36. The predicted octanol–water partition coefficient (Wildman–Crippen LogP) is 1.66. The molecule has 3 aromatic heterocycles. The number of nitrogens with one attached hydrogen (secondary N) is 1. The van der Waals surface area contributed by atoms with Gasteiger partial charge in [-0.2, -0.15) is 5.10 Å². The zero-order valence-electron chi connectivity index (χ0n) is 12.7. The van der Waals surface area contributed by atoms with Crippen molar-refractivity contribution in [2.24, 2.45) is 0 Å². The van der Waals surface area contributed by atoms with Crippen molar-refractivity contribution < 1.29 is 9.53 Å². The molecule has 23 heavy (non-hydrogen) atoms. The van der Waals surface area contributed by atoms with E-state index >= 15 is 0 Å². The van der Waals surface area contributed by atoms with Crippen LogP contribution >= 0.6 is 0 Å². The molecule has 0 unspecified atom stereocenters. The van der Waals surface area contributed by atoms with Gasteiger partial charge in [-0.1, -0.05) is 6.07 Å². The normalized spacial score (nSPS) is 21.2. The molecule has 1 aliphatic rings. The number of rotatable bonds is 3. The number of carbonyl (C=O) groups excluding carboxylic acids is 1. The van der Waals surface area contributed by atoms with E-state index in [1.807, 2.05) is 46.0 Å². The molecule has 118 valence electrons. The maximum absolute atomic E-state index is 13.0. The van der Waals surface area contributed by atoms with Gasteiger partial charge in [-0.05, 0) is 18.2 Å². The molecule has 7 nitrogen and oxygen atoms in total. The molecule has 0 spiro atoms. The Labute approximate surface area is 132 Å². The van der Waals surface area contributed by atoms with Gasteiger partial charge < -0.3 is 14.0 Å². The molecule has 2 atom stereocenters. The van der Waals surface area contributed by atoms with Gasteiger partial charge in [0.15, 0.2) is 0 Å². The highest BCUT2D eigenvalue weighted by Crippen LogP contribution is 2.32. The van der Waals surface area contributed by atoms with Gasteiger partial charge in [0, 0.05) is 38.0 Å². The predicted molar refractivity (Wildman–Crippen MR) is 83.0 cm³/mol. The molecule has 0 bridgehead atoms. The Hall–Kier alpha value is -2.67. The number of H-pyrrole nitrogens is 1. The molecule has 0 saturated carbocycles. The first kappa shape index (κ1) is 14.0. The second-order valence-electron chi connectivity index (χ2n) is 5.70. The Morgan fingerprint density at radius 2 is 2.35 bits per heavy atom. The number of carbonyl (C=O) groups is 1. The number of pyridine rings is 1. The summed E-state index contributed by atoms with van der Waals surface area (Å²) in [6.07, 6.45) is 5.97. The van der Waals surface area contributed by atoms with Gasteiger partial charge in [0.25, 0.3) is 5.91 Å². The van der Waals surface area contributed by atoms with Crippen LogP contribution in [0.15, 0.2) is 43.0 Å². The summed E-state index contributed by atoms with van der Waals surface area (Å²) in [4.78, 5) is 19.0. The number of hydrogen-bond donors (Lipinski definition) is 1. The van der Waals surface area contributed by atoms with E-state index in [-0.39, 0.29) is 18.1 Å². The molecule has 4 rings (SSSR count). The van der Waals surface area contributed by atoms with Crippen LogP contribution in [0.25, 0.3) is 5.52 Å². The highest BCUT2D eigenvalue weighted by Gasteiger charge is 2.38. The van der Waals surface area contributed by atoms with Crippen LogP contribution in [0.2, 0.25) is 0 Å². The third kappa shape index (κ3) is 2.39. The van der Waals surface area contributed by atoms with Gasteiger partial charge in [-0.15, -0.1) is 0 Å². The second-order valence-corrected chi connectivity index (χ2v) is 5.70. The summed E-state index contributed by atoms with van der Waals surface area (Å²) in [7, 11) is 1.67. The van der Waals surface area contributed by atoms with Gasteiger partial charge in [0.2, 0.25) is 0 Å². The molecule has 0 aromatic carbocycles. The Kier molecular flexibility index (Phi) is 3.34. The number of likely N-dealkylation sites (tertiary alicyclic amines) is 1. The van der Waals surface area contributed by atoms with Crippen molar-refractivity contribution in [1.82, 2.24) is 24.5 Å². The number of aromatic amines is 1. The lowest BCUT2D eigenvalue weighted by molar-refractivity contribution is 0.0684. The van der Waals surface area contributed by atoms with Crippen molar-refractivity contribution in [3.8, 4) is 0 Å². The van der Waals surface area contributed by atoms with E-state index in [1.165, 1.54) is 6.33 Å². The first-order valence-corrected chi connectivity index (χ1v) is 7.52. The van der Waals surface area contributed by atoms with E-state index in [0.717, 1.165) is 5.52 Å². The molecule has 0 radical (unpaired) electrons. The lowest BCUT2D eigenvalue weighted by atomic mass is 10.2. The summed E-state index contributed by atoms with van der Waals surface area (Å²) in [6, 6.07) is 7.64. The second kappa shape index (κ2) is 5.51. The average molecular weight is 311 g/mol. The maximum Gasteiger partial charge on any atom is 0.256 e. The Balaban J connectivity index is 1.67. The Morgan fingerprint density at radius 1 is 1.43 bits per heavy atom. The van der Waals surface area contributed by atoms with E-state index in [0.29, 0.717) is 24.4 Å². The SMILES string of the molecule is CO[C@@H]1C[C@@H](c2ncn[nH]2)N(C(=O)c2cc3ccccn3c2)C1. The largest absolute Gasteiger partial charge is 0.380 e. The molecule has 1 fully saturated rings. The van der Waals surface area contributed by atoms with Crippen LogP contribution in [0.1, 0.15) is 28.6 Å². The van der Waals surface area contributed by atoms with Crippen molar-refractivity contribution in [3.05, 3.63) is 54.4 Å². The molecule has 1 saturated heterocycles. The van der Waals surface area contributed by atoms with E-state index in [4.69, 9.17) is 4.74 Å². The first-order valence-electron chi connectivity index (χ1n) is 7.52. The molecule has 1 N–H and O–H groups in total. The quantitative estimate of drug-likeness (QED) is 0.798. The number of hydrogen-bond acceptors (Lipinski definition) is 4. The molecule has 3 aromatic rings. The number of amides is 1. The molecule has 1 amide bonds. The van der Waals surface area contributed by atoms with Crippen molar-refractivity contribution >= 4 is 11.4 Å². The number of aromatic nitrogens is 4. The fraction of sp³-hybridized carbons (Fsp3) is 0.312. The van der Waals surface area contributed by atoms with Crippen molar-refractivity contribution in [2.45, 2.75) is 18.6 Å². The molecular formula is C16H17N5O2. The molecular weight excluding hydrogens is 294 g/mol. The zero-order chi connectivity index (χ0) is 15.8. The molecule has 7 heteroatoms. The molecule has 0 aliphatic carbocycles. The first-order chi connectivity index (χ1) is 11.3. The Bertz CT molecular complexity index is 793. The third-order valence-corrected chi connectivity index (χ3v) is 4.36. The minimum absolute atomic E-state index is 0.00563. The lowest BCUT2D eigenvalue weighted by Crippen LogP contribution is -2.32. The highest BCUT2D eigenvalue weighted by molar-refractivity contribution is 5.96. The van der Waals surface area contributed by atoms with Gasteiger partial charge >= 0.3 is 0 Å². The fourth-order valence-electron chi connectivity index (χ4n) is 3.17. The maximum atomic E-state index is 13.0. The minimum Gasteiger partial charge on any atom is -0.380 e. The summed E-state index contributed by atoms with van der Waals surface area (Å²) in [6.45, 7) is 0.549. The Morgan fingerprint density at radius 3 is 3.09 bits per heavy atom. The summed E-state index contributed by atoms with van der Waals surface area (Å²) in [5, 5.41) is 6.77. The van der Waals surface area contributed by atoms with Gasteiger partial charge in [-0.25, -0.2) is 4.98 Å². The molecule has 1 aliphatic heterocycles. The number of methoxy groups -OCH3 is 1. The summed E-state index contributed by atoms with van der Waals surface area (Å²) < 4.78 is 7.40. The number of fused-ring (bicyclic) bond motifs is 1. The van der Waals surface area contributed by atoms with Crippen LogP contribution in [0.4, 0.5) is 0 Å². The van der Waals surface area contributed by atoms with Crippen LogP contribution in [-0.4, -0.2) is 50.1 Å². The smallest absolute Gasteiger partial charge is 0.256 e. The van der Waals surface area contributed by atoms with Crippen LogP contribution in [0.3, 0.4) is 0 Å². The van der Waals surface area contributed by atoms with Crippen LogP contribution < -0.4 is 0 Å². The monoisotopic (exact) mass is 311 g/mol. The zero-order valence-corrected chi connectivity index (χ0v) is 12.7. The topological polar surface area (TPSA) is 75.5 Å².